The summed E-state index contributed by atoms with van der Waals surface area (Å²) in [4.78, 5) is 21.8. The van der Waals surface area contributed by atoms with E-state index in [1.807, 2.05) is 13.8 Å². The molecule has 0 atom stereocenters. The van der Waals surface area contributed by atoms with Crippen molar-refractivity contribution >= 4 is 49.5 Å². The monoisotopic (exact) mass is 528 g/mol. The van der Waals surface area contributed by atoms with E-state index in [0.717, 1.165) is 12.1 Å². The molecule has 0 saturated carbocycles. The summed E-state index contributed by atoms with van der Waals surface area (Å²) in [7, 11) is -8.53. The summed E-state index contributed by atoms with van der Waals surface area (Å²) >= 11 is 0. The summed E-state index contributed by atoms with van der Waals surface area (Å²) < 4.78 is 62.0. The quantitative estimate of drug-likeness (QED) is 0.329. The number of halogens is 1. The van der Waals surface area contributed by atoms with Gasteiger partial charge in [-0.25, -0.2) is 4.99 Å². The first kappa shape index (κ1) is 27.7. The van der Waals surface area contributed by atoms with Gasteiger partial charge < -0.3 is 16.8 Å². The molecule has 15 heteroatoms. The zero-order valence-corrected chi connectivity index (χ0v) is 20.6. The van der Waals surface area contributed by atoms with Crippen LogP contribution in [0.2, 0.25) is 0 Å². The molecular weight excluding hydrogens is 503 g/mol. The van der Waals surface area contributed by atoms with E-state index in [9.17, 15) is 25.5 Å². The number of rotatable bonds is 5. The fourth-order valence-electron chi connectivity index (χ4n) is 2.94. The molecule has 2 aromatic rings. The number of carbonyl (C=O) groups excluding carboxylic acids is 1. The lowest BCUT2D eigenvalue weighted by Crippen LogP contribution is -2.54. The van der Waals surface area contributed by atoms with Crippen molar-refractivity contribution in [2.75, 3.05) is 16.0 Å². The number of aliphatic imine (C=N–C) groups is 2. The minimum absolute atomic E-state index is 0.0808. The van der Waals surface area contributed by atoms with Crippen molar-refractivity contribution < 1.29 is 30.1 Å². The Labute approximate surface area is 202 Å². The fraction of sp³-hybridized carbons (Fsp3) is 0.250. The highest BCUT2D eigenvalue weighted by Gasteiger charge is 2.33. The van der Waals surface area contributed by atoms with Gasteiger partial charge in [-0.2, -0.15) is 21.8 Å². The second-order valence-corrected chi connectivity index (χ2v) is 10.7. The third kappa shape index (κ3) is 7.73. The van der Waals surface area contributed by atoms with Gasteiger partial charge in [0.1, 0.15) is 10.6 Å². The standard InChI is InChI=1S/C18H19FN6O3S.C2H6O3S/c1-18(2)24-16(20)23-17(21)25(18)13-8-6-11(7-9-13)15(26)22-12-4-3-5-14(10-12)29(19,27)28;1-2-6(3,4)5/h3-10H,1-2H3,(H,22,26)(H4,20,21,23,24);2H2,1H3,(H,3,4,5). The summed E-state index contributed by atoms with van der Waals surface area (Å²) in [6, 6.07) is 11.4. The van der Waals surface area contributed by atoms with Crippen molar-refractivity contribution in [3.63, 3.8) is 0 Å². The van der Waals surface area contributed by atoms with E-state index in [0.29, 0.717) is 11.3 Å². The maximum absolute atomic E-state index is 13.1. The Morgan fingerprint density at radius 1 is 1.11 bits per heavy atom. The molecule has 12 nitrogen and oxygen atoms in total. The number of hydrogen-bond donors (Lipinski definition) is 4. The first-order valence-corrected chi connectivity index (χ1v) is 12.9. The molecule has 0 saturated heterocycles. The second-order valence-electron chi connectivity index (χ2n) is 7.61. The predicted molar refractivity (Wildman–Crippen MR) is 131 cm³/mol. The fourth-order valence-corrected chi connectivity index (χ4v) is 3.45. The number of nitrogens with one attached hydrogen (secondary N) is 1. The van der Waals surface area contributed by atoms with Crippen molar-refractivity contribution in [1.29, 1.82) is 0 Å². The Morgan fingerprint density at radius 2 is 1.69 bits per heavy atom. The number of anilines is 2. The average molecular weight is 529 g/mol. The average Bonchev–Trinajstić information content (AvgIpc) is 2.72. The molecule has 1 heterocycles. The van der Waals surface area contributed by atoms with E-state index in [2.05, 4.69) is 15.3 Å². The summed E-state index contributed by atoms with van der Waals surface area (Å²) in [5, 5.41) is 2.53. The van der Waals surface area contributed by atoms with Gasteiger partial charge in [-0.1, -0.05) is 6.07 Å². The minimum Gasteiger partial charge on any atom is -0.369 e. The molecule has 0 radical (unpaired) electrons. The Bertz CT molecular complexity index is 1370. The van der Waals surface area contributed by atoms with Gasteiger partial charge in [0.05, 0.1) is 5.75 Å². The normalized spacial score (nSPS) is 15.3. The molecule has 0 aliphatic carbocycles. The second kappa shape index (κ2) is 10.4. The number of guanidine groups is 2. The van der Waals surface area contributed by atoms with Crippen LogP contribution in [-0.2, 0) is 20.3 Å². The number of benzene rings is 2. The third-order valence-corrected chi connectivity index (χ3v) is 6.07. The lowest BCUT2D eigenvalue weighted by Gasteiger charge is -2.38. The maximum atomic E-state index is 13.1. The number of carbonyl (C=O) groups is 1. The highest BCUT2D eigenvalue weighted by Crippen LogP contribution is 2.27. The molecule has 0 bridgehead atoms. The van der Waals surface area contributed by atoms with E-state index in [4.69, 9.17) is 16.0 Å². The van der Waals surface area contributed by atoms with Crippen LogP contribution in [0.15, 0.2) is 63.4 Å². The zero-order valence-electron chi connectivity index (χ0n) is 19.0. The Morgan fingerprint density at radius 3 is 2.17 bits per heavy atom. The van der Waals surface area contributed by atoms with E-state index in [-0.39, 0.29) is 23.4 Å². The van der Waals surface area contributed by atoms with Crippen molar-refractivity contribution in [2.45, 2.75) is 31.3 Å². The van der Waals surface area contributed by atoms with Gasteiger partial charge in [0.25, 0.3) is 16.0 Å². The lowest BCUT2D eigenvalue weighted by atomic mass is 10.1. The molecule has 1 aliphatic heterocycles. The predicted octanol–water partition coefficient (Wildman–Crippen LogP) is 1.68. The topological polar surface area (TPSA) is 198 Å². The Hall–Kier alpha value is -3.56. The zero-order chi connectivity index (χ0) is 26.6. The largest absolute Gasteiger partial charge is 0.369 e. The summed E-state index contributed by atoms with van der Waals surface area (Å²) in [5.74, 6) is -0.444. The molecule has 1 amide bonds. The molecule has 2 aromatic carbocycles. The van der Waals surface area contributed by atoms with Gasteiger partial charge in [-0.05, 0) is 63.2 Å². The highest BCUT2D eigenvalue weighted by atomic mass is 32.3. The SMILES string of the molecule is CC1(C)N=C(N)N=C(N)N1c1ccc(C(=O)Nc2cccc(S(=O)(=O)F)c2)cc1.CCS(=O)(=O)O. The summed E-state index contributed by atoms with van der Waals surface area (Å²) in [6.07, 6.45) is 0. The van der Waals surface area contributed by atoms with Gasteiger partial charge in [0.2, 0.25) is 11.9 Å². The Kier molecular flexibility index (Phi) is 8.20. The van der Waals surface area contributed by atoms with E-state index >= 15 is 0 Å². The molecule has 190 valence electrons. The first-order chi connectivity index (χ1) is 16.0. The molecule has 35 heavy (non-hydrogen) atoms. The molecule has 3 rings (SSSR count). The van der Waals surface area contributed by atoms with Crippen LogP contribution in [0, 0.1) is 0 Å². The van der Waals surface area contributed by atoms with Crippen LogP contribution >= 0.6 is 0 Å². The minimum atomic E-state index is -4.86. The molecule has 0 aromatic heterocycles. The number of nitrogens with two attached hydrogens (primary N) is 2. The van der Waals surface area contributed by atoms with Crippen molar-refractivity contribution in [3.05, 3.63) is 54.1 Å². The van der Waals surface area contributed by atoms with E-state index < -0.39 is 36.8 Å². The number of amides is 1. The van der Waals surface area contributed by atoms with Gasteiger partial charge in [0, 0.05) is 16.9 Å². The van der Waals surface area contributed by atoms with Crippen LogP contribution in [0.3, 0.4) is 0 Å². The molecule has 0 fully saturated rings. The van der Waals surface area contributed by atoms with Crippen molar-refractivity contribution in [2.24, 2.45) is 21.5 Å². The van der Waals surface area contributed by atoms with Crippen LogP contribution in [0.25, 0.3) is 0 Å². The molecule has 0 spiro atoms. The molecule has 6 N–H and O–H groups in total. The number of hydrogen-bond acceptors (Lipinski definition) is 10. The van der Waals surface area contributed by atoms with Gasteiger partial charge in [-0.15, -0.1) is 3.89 Å². The Balaban J connectivity index is 0.000000641. The molecule has 1 aliphatic rings. The van der Waals surface area contributed by atoms with Gasteiger partial charge in [-0.3, -0.25) is 14.2 Å². The molecular formula is C20H25FN6O6S2. The van der Waals surface area contributed by atoms with Gasteiger partial charge >= 0.3 is 10.2 Å². The van der Waals surface area contributed by atoms with Crippen LogP contribution in [0.5, 0.6) is 0 Å². The summed E-state index contributed by atoms with van der Waals surface area (Å²) in [5.41, 5.74) is 12.0. The van der Waals surface area contributed by atoms with Crippen LogP contribution < -0.4 is 21.7 Å². The smallest absolute Gasteiger partial charge is 0.332 e. The van der Waals surface area contributed by atoms with Gasteiger partial charge in [0.15, 0.2) is 0 Å². The van der Waals surface area contributed by atoms with Crippen molar-refractivity contribution in [1.82, 2.24) is 0 Å². The highest BCUT2D eigenvalue weighted by molar-refractivity contribution is 7.86. The van der Waals surface area contributed by atoms with Crippen LogP contribution in [0.1, 0.15) is 31.1 Å². The number of nitrogens with zero attached hydrogens (tertiary/aromatic N) is 3. The van der Waals surface area contributed by atoms with E-state index in [1.165, 1.54) is 19.1 Å². The van der Waals surface area contributed by atoms with E-state index in [1.54, 1.807) is 29.2 Å². The van der Waals surface area contributed by atoms with Crippen LogP contribution in [0.4, 0.5) is 15.3 Å². The maximum Gasteiger partial charge on any atom is 0.332 e. The first-order valence-electron chi connectivity index (χ1n) is 9.94. The third-order valence-electron chi connectivity index (χ3n) is 4.52. The van der Waals surface area contributed by atoms with Crippen molar-refractivity contribution in [3.8, 4) is 0 Å². The van der Waals surface area contributed by atoms with Crippen LogP contribution in [-0.4, -0.2) is 50.6 Å². The summed E-state index contributed by atoms with van der Waals surface area (Å²) in [6.45, 7) is 5.00. The lowest BCUT2D eigenvalue weighted by molar-refractivity contribution is 0.102. The molecule has 0 unspecified atom stereocenters.